The van der Waals surface area contributed by atoms with E-state index in [2.05, 4.69) is 0 Å². The van der Waals surface area contributed by atoms with E-state index in [1.807, 2.05) is 0 Å². The van der Waals surface area contributed by atoms with Crippen molar-refractivity contribution in [3.8, 4) is 0 Å². The molecule has 4 heteroatoms. The molecule has 0 aliphatic rings. The Labute approximate surface area is 72.6 Å². The van der Waals surface area contributed by atoms with Crippen LogP contribution in [0, 0.1) is 0 Å². The van der Waals surface area contributed by atoms with Crippen LogP contribution in [0.1, 0.15) is 0 Å². The van der Waals surface area contributed by atoms with Gasteiger partial charge in [-0.2, -0.15) is 0 Å². The Morgan fingerprint density at radius 3 is 1.00 bits per heavy atom. The second-order valence-corrected chi connectivity index (χ2v) is 0. The maximum Gasteiger partial charge on any atom is 0 e. The van der Waals surface area contributed by atoms with Crippen LogP contribution >= 0.6 is 0 Å². The standard InChI is InChI=1S/Co.Mg.Mn.Ni. The fraction of sp³-hybridized carbons (Fsp3) is 0. The van der Waals surface area contributed by atoms with Gasteiger partial charge in [-0.25, -0.2) is 0 Å². The van der Waals surface area contributed by atoms with E-state index in [1.165, 1.54) is 0 Å². The van der Waals surface area contributed by atoms with Gasteiger partial charge in [0.2, 0.25) is 0 Å². The number of rotatable bonds is 0. The quantitative estimate of drug-likeness (QED) is 0.464. The zero-order valence-electron chi connectivity index (χ0n) is 1.73. The van der Waals surface area contributed by atoms with Crippen molar-refractivity contribution in [1.82, 2.24) is 0 Å². The summed E-state index contributed by atoms with van der Waals surface area (Å²) in [6.45, 7) is 0. The van der Waals surface area contributed by atoms with Gasteiger partial charge in [0, 0.05) is 73.4 Å². The normalized spacial score (nSPS) is 0. The molecule has 0 unspecified atom stereocenters. The van der Waals surface area contributed by atoms with Crippen LogP contribution in [0.5, 0.6) is 0 Å². The molecular weight excluding hydrogens is 197 g/mol. The molecule has 0 spiro atoms. The molecule has 0 aliphatic heterocycles. The predicted octanol–water partition coefficient (Wildman–Crippen LogP) is -0.388. The van der Waals surface area contributed by atoms with Gasteiger partial charge in [-0.15, -0.1) is 0 Å². The fourth-order valence-corrected chi connectivity index (χ4v) is 0. The minimum absolute atomic E-state index is 0. The summed E-state index contributed by atoms with van der Waals surface area (Å²) in [7, 11) is 0. The molecule has 0 saturated carbocycles. The fourth-order valence-electron chi connectivity index (χ4n) is 0. The first-order valence-corrected chi connectivity index (χ1v) is 0. The number of hydrogen-bond acceptors (Lipinski definition) is 0. The first kappa shape index (κ1) is 33.6. The van der Waals surface area contributed by atoms with Gasteiger partial charge in [0.1, 0.15) is 0 Å². The van der Waals surface area contributed by atoms with Gasteiger partial charge in [-0.3, -0.25) is 0 Å². The molecule has 0 rings (SSSR count). The minimum Gasteiger partial charge on any atom is 0 e. The first-order chi connectivity index (χ1) is 0. The van der Waals surface area contributed by atoms with E-state index in [4.69, 9.17) is 0 Å². The third-order valence-electron chi connectivity index (χ3n) is 0. The Kier molecular flexibility index (Phi) is 156. The summed E-state index contributed by atoms with van der Waals surface area (Å²) in [4.78, 5) is 0. The summed E-state index contributed by atoms with van der Waals surface area (Å²) in [5.74, 6) is 0. The van der Waals surface area contributed by atoms with E-state index < -0.39 is 0 Å². The molecular formula is CoMgMnNi. The molecule has 0 bridgehead atoms. The average molecular weight is 197 g/mol. The molecule has 4 radical (unpaired) electrons. The minimum atomic E-state index is 0. The van der Waals surface area contributed by atoms with Crippen molar-refractivity contribution in [2.45, 2.75) is 0 Å². The molecule has 28 valence electrons. The van der Waals surface area contributed by atoms with Gasteiger partial charge < -0.3 is 0 Å². The van der Waals surface area contributed by atoms with Crippen molar-refractivity contribution < 1.29 is 50.3 Å². The maximum atomic E-state index is 0. The Morgan fingerprint density at radius 1 is 1.00 bits per heavy atom. The van der Waals surface area contributed by atoms with Crippen molar-refractivity contribution in [2.24, 2.45) is 0 Å². The van der Waals surface area contributed by atoms with Crippen LogP contribution in [0.2, 0.25) is 0 Å². The molecule has 0 fully saturated rings. The van der Waals surface area contributed by atoms with Crippen LogP contribution in [0.25, 0.3) is 0 Å². The van der Waals surface area contributed by atoms with Crippen LogP contribution in [-0.4, -0.2) is 23.1 Å². The van der Waals surface area contributed by atoms with Crippen LogP contribution in [0.15, 0.2) is 0 Å². The zero-order chi connectivity index (χ0) is 0. The third-order valence-corrected chi connectivity index (χ3v) is 0. The van der Waals surface area contributed by atoms with Gasteiger partial charge in [-0.1, -0.05) is 0 Å². The maximum absolute atomic E-state index is 0. The second kappa shape index (κ2) is 18.6. The van der Waals surface area contributed by atoms with E-state index in [-0.39, 0.29) is 73.4 Å². The summed E-state index contributed by atoms with van der Waals surface area (Å²) in [6, 6.07) is 0. The van der Waals surface area contributed by atoms with E-state index in [1.54, 1.807) is 0 Å². The van der Waals surface area contributed by atoms with Crippen molar-refractivity contribution in [2.75, 3.05) is 0 Å². The summed E-state index contributed by atoms with van der Waals surface area (Å²) in [6.07, 6.45) is 0. The molecule has 0 atom stereocenters. The van der Waals surface area contributed by atoms with E-state index >= 15 is 0 Å². The largest absolute Gasteiger partial charge is 0 e. The van der Waals surface area contributed by atoms with E-state index in [9.17, 15) is 0 Å². The summed E-state index contributed by atoms with van der Waals surface area (Å²) in [5.41, 5.74) is 0. The Morgan fingerprint density at radius 2 is 1.00 bits per heavy atom. The first-order valence-electron chi connectivity index (χ1n) is 0. The Hall–Kier alpha value is 2.29. The zero-order valence-corrected chi connectivity index (χ0v) is 6.36. The van der Waals surface area contributed by atoms with Crippen LogP contribution in [0.3, 0.4) is 0 Å². The van der Waals surface area contributed by atoms with Gasteiger partial charge in [0.05, 0.1) is 0 Å². The van der Waals surface area contributed by atoms with Crippen LogP contribution in [-0.2, 0) is 50.3 Å². The summed E-state index contributed by atoms with van der Waals surface area (Å²) in [5, 5.41) is 0. The van der Waals surface area contributed by atoms with Gasteiger partial charge in [-0.05, 0) is 0 Å². The monoisotopic (exact) mass is 196 g/mol. The van der Waals surface area contributed by atoms with E-state index in [0.29, 0.717) is 0 Å². The summed E-state index contributed by atoms with van der Waals surface area (Å²) < 4.78 is 0. The van der Waals surface area contributed by atoms with Crippen molar-refractivity contribution >= 4 is 23.1 Å². The predicted molar refractivity (Wildman–Crippen MR) is 5.75 cm³/mol. The molecule has 0 aliphatic carbocycles. The molecule has 0 aromatic rings. The molecule has 4 heavy (non-hydrogen) atoms. The molecule has 0 saturated heterocycles. The van der Waals surface area contributed by atoms with Gasteiger partial charge in [0.15, 0.2) is 0 Å². The Bertz CT molecular complexity index is 8.00. The van der Waals surface area contributed by atoms with E-state index in [0.717, 1.165) is 0 Å². The summed E-state index contributed by atoms with van der Waals surface area (Å²) >= 11 is 0. The molecule has 0 nitrogen and oxygen atoms in total. The second-order valence-electron chi connectivity index (χ2n) is 0. The van der Waals surface area contributed by atoms with Gasteiger partial charge in [0.25, 0.3) is 0 Å². The topological polar surface area (TPSA) is 0 Å². The molecule has 0 aromatic heterocycles. The molecule has 0 aromatic carbocycles. The molecule has 0 N–H and O–H groups in total. The number of hydrogen-bond donors (Lipinski definition) is 0. The van der Waals surface area contributed by atoms with Gasteiger partial charge >= 0.3 is 0 Å². The van der Waals surface area contributed by atoms with Crippen LogP contribution in [0.4, 0.5) is 0 Å². The Balaban J connectivity index is 0. The molecule has 0 heterocycles. The van der Waals surface area contributed by atoms with Crippen molar-refractivity contribution in [3.05, 3.63) is 0 Å². The molecule has 0 amide bonds. The third kappa shape index (κ3) is 8.86. The SMILES string of the molecule is [Co].[Mg].[Mn].[Ni]. The van der Waals surface area contributed by atoms with Crippen molar-refractivity contribution in [3.63, 3.8) is 0 Å². The van der Waals surface area contributed by atoms with Crippen LogP contribution < -0.4 is 0 Å². The average Bonchev–Trinajstić information content (AvgIpc) is 0. The van der Waals surface area contributed by atoms with Crippen molar-refractivity contribution in [1.29, 1.82) is 0 Å². The smallest absolute Gasteiger partial charge is 0 e.